The SMILES string of the molecule is Cc1cccc(-c2nnc(NC(=O)C3CCCN3C(=O)c3ccc([N+](=O)[O-])cc3Cl)s2)c1. The molecule has 11 heteroatoms. The minimum atomic E-state index is -0.694. The van der Waals surface area contributed by atoms with Crippen molar-refractivity contribution in [2.45, 2.75) is 25.8 Å². The summed E-state index contributed by atoms with van der Waals surface area (Å²) in [5, 5.41) is 22.9. The van der Waals surface area contributed by atoms with E-state index in [1.807, 2.05) is 31.2 Å². The van der Waals surface area contributed by atoms with E-state index in [1.165, 1.54) is 28.4 Å². The highest BCUT2D eigenvalue weighted by Gasteiger charge is 2.36. The molecule has 1 saturated heterocycles. The number of anilines is 1. The number of carbonyl (C=O) groups is 2. The molecule has 1 fully saturated rings. The van der Waals surface area contributed by atoms with E-state index in [0.717, 1.165) is 17.2 Å². The Morgan fingerprint density at radius 2 is 2.06 bits per heavy atom. The predicted octanol–water partition coefficient (Wildman–Crippen LogP) is 4.32. The fourth-order valence-corrected chi connectivity index (χ4v) is 4.58. The molecule has 0 aliphatic carbocycles. The van der Waals surface area contributed by atoms with Crippen LogP contribution in [0.3, 0.4) is 0 Å². The van der Waals surface area contributed by atoms with Gasteiger partial charge in [0, 0.05) is 24.2 Å². The van der Waals surface area contributed by atoms with Crippen molar-refractivity contribution < 1.29 is 14.5 Å². The van der Waals surface area contributed by atoms with Crippen molar-refractivity contribution in [3.8, 4) is 10.6 Å². The zero-order valence-electron chi connectivity index (χ0n) is 16.9. The Bertz CT molecular complexity index is 1210. The summed E-state index contributed by atoms with van der Waals surface area (Å²) in [6, 6.07) is 10.8. The molecule has 164 valence electrons. The summed E-state index contributed by atoms with van der Waals surface area (Å²) in [6.07, 6.45) is 1.14. The number of aromatic nitrogens is 2. The summed E-state index contributed by atoms with van der Waals surface area (Å²) >= 11 is 7.36. The van der Waals surface area contributed by atoms with Gasteiger partial charge in [-0.15, -0.1) is 10.2 Å². The number of rotatable bonds is 5. The van der Waals surface area contributed by atoms with Crippen LogP contribution in [0.4, 0.5) is 10.8 Å². The van der Waals surface area contributed by atoms with Crippen LogP contribution in [0.5, 0.6) is 0 Å². The molecular formula is C21H18ClN5O4S. The third-order valence-electron chi connectivity index (χ3n) is 5.13. The molecule has 1 aliphatic heterocycles. The Morgan fingerprint density at radius 1 is 1.25 bits per heavy atom. The Labute approximate surface area is 192 Å². The number of aryl methyl sites for hydroxylation is 1. The molecule has 2 amide bonds. The Balaban J connectivity index is 1.48. The third-order valence-corrected chi connectivity index (χ3v) is 6.33. The van der Waals surface area contributed by atoms with Crippen LogP contribution in [0.25, 0.3) is 10.6 Å². The van der Waals surface area contributed by atoms with E-state index in [2.05, 4.69) is 15.5 Å². The van der Waals surface area contributed by atoms with Crippen LogP contribution in [-0.2, 0) is 4.79 Å². The quantitative estimate of drug-likeness (QED) is 0.437. The summed E-state index contributed by atoms with van der Waals surface area (Å²) in [7, 11) is 0. The lowest BCUT2D eigenvalue weighted by atomic mass is 10.1. The molecule has 0 bridgehead atoms. The van der Waals surface area contributed by atoms with Gasteiger partial charge in [0.05, 0.1) is 15.5 Å². The summed E-state index contributed by atoms with van der Waals surface area (Å²) in [6.45, 7) is 2.37. The average molecular weight is 472 g/mol. The lowest BCUT2D eigenvalue weighted by Crippen LogP contribution is -2.43. The molecular weight excluding hydrogens is 454 g/mol. The number of hydrogen-bond acceptors (Lipinski definition) is 7. The Hall–Kier alpha value is -3.37. The Kier molecular flexibility index (Phi) is 6.15. The molecule has 32 heavy (non-hydrogen) atoms. The molecule has 0 saturated carbocycles. The number of benzene rings is 2. The van der Waals surface area contributed by atoms with Gasteiger partial charge in [-0.25, -0.2) is 0 Å². The first kappa shape index (κ1) is 21.8. The minimum absolute atomic E-state index is 0.0258. The molecule has 4 rings (SSSR count). The van der Waals surface area contributed by atoms with Gasteiger partial charge in [-0.2, -0.15) is 0 Å². The van der Waals surface area contributed by atoms with Crippen LogP contribution in [0.15, 0.2) is 42.5 Å². The molecule has 1 atom stereocenters. The van der Waals surface area contributed by atoms with Crippen LogP contribution >= 0.6 is 22.9 Å². The van der Waals surface area contributed by atoms with Gasteiger partial charge in [-0.05, 0) is 31.9 Å². The second-order valence-corrected chi connectivity index (χ2v) is 8.73. The molecule has 3 aromatic rings. The molecule has 1 unspecified atom stereocenters. The van der Waals surface area contributed by atoms with Crippen LogP contribution in [0, 0.1) is 17.0 Å². The maximum Gasteiger partial charge on any atom is 0.270 e. The number of nitro groups is 1. The minimum Gasteiger partial charge on any atom is -0.327 e. The van der Waals surface area contributed by atoms with Gasteiger partial charge in [0.1, 0.15) is 11.0 Å². The Morgan fingerprint density at radius 3 is 2.78 bits per heavy atom. The van der Waals surface area contributed by atoms with Crippen LogP contribution in [-0.4, -0.2) is 44.4 Å². The first-order chi connectivity index (χ1) is 15.3. The number of nitrogens with zero attached hydrogens (tertiary/aromatic N) is 4. The molecule has 1 N–H and O–H groups in total. The maximum atomic E-state index is 13.0. The summed E-state index contributed by atoms with van der Waals surface area (Å²) < 4.78 is 0. The third kappa shape index (κ3) is 4.46. The zero-order valence-corrected chi connectivity index (χ0v) is 18.5. The van der Waals surface area contributed by atoms with Gasteiger partial charge in [0.25, 0.3) is 11.6 Å². The average Bonchev–Trinajstić information content (AvgIpc) is 3.43. The van der Waals surface area contributed by atoms with Crippen LogP contribution < -0.4 is 5.32 Å². The fraction of sp³-hybridized carbons (Fsp3) is 0.238. The smallest absolute Gasteiger partial charge is 0.270 e. The van der Waals surface area contributed by atoms with Crippen molar-refractivity contribution in [2.75, 3.05) is 11.9 Å². The van der Waals surface area contributed by atoms with Gasteiger partial charge in [0.15, 0.2) is 0 Å². The standard InChI is InChI=1S/C21H18ClN5O4S/c1-12-4-2-5-13(10-12)19-24-25-21(32-19)23-18(28)17-6-3-9-26(17)20(29)15-8-7-14(27(30)31)11-16(15)22/h2,4-5,7-8,10-11,17H,3,6,9H2,1H3,(H,23,25,28). The molecule has 2 aromatic carbocycles. The van der Waals surface area contributed by atoms with Gasteiger partial charge >= 0.3 is 0 Å². The second-order valence-electron chi connectivity index (χ2n) is 7.35. The second kappa shape index (κ2) is 9.01. The molecule has 0 spiro atoms. The fourth-order valence-electron chi connectivity index (χ4n) is 3.59. The van der Waals surface area contributed by atoms with E-state index in [4.69, 9.17) is 11.6 Å². The number of non-ortho nitro benzene ring substituents is 1. The number of halogens is 1. The summed E-state index contributed by atoms with van der Waals surface area (Å²) in [5.74, 6) is -0.805. The molecule has 9 nitrogen and oxygen atoms in total. The largest absolute Gasteiger partial charge is 0.327 e. The summed E-state index contributed by atoms with van der Waals surface area (Å²) in [4.78, 5) is 37.7. The van der Waals surface area contributed by atoms with Crippen LogP contribution in [0.1, 0.15) is 28.8 Å². The van der Waals surface area contributed by atoms with Gasteiger partial charge in [-0.3, -0.25) is 25.0 Å². The van der Waals surface area contributed by atoms with E-state index in [1.54, 1.807) is 0 Å². The monoisotopic (exact) mass is 471 g/mol. The van der Waals surface area contributed by atoms with E-state index in [9.17, 15) is 19.7 Å². The summed E-state index contributed by atoms with van der Waals surface area (Å²) in [5.41, 5.74) is 1.92. The number of amides is 2. The molecule has 2 heterocycles. The predicted molar refractivity (Wildman–Crippen MR) is 121 cm³/mol. The highest BCUT2D eigenvalue weighted by molar-refractivity contribution is 7.18. The maximum absolute atomic E-state index is 13.0. The van der Waals surface area contributed by atoms with E-state index >= 15 is 0 Å². The first-order valence-corrected chi connectivity index (χ1v) is 11.0. The number of hydrogen-bond donors (Lipinski definition) is 1. The number of nitro benzene ring substituents is 1. The van der Waals surface area contributed by atoms with E-state index in [0.29, 0.717) is 29.5 Å². The van der Waals surface area contributed by atoms with Crippen molar-refractivity contribution in [2.24, 2.45) is 0 Å². The van der Waals surface area contributed by atoms with Crippen molar-refractivity contribution >= 4 is 45.6 Å². The topological polar surface area (TPSA) is 118 Å². The zero-order chi connectivity index (χ0) is 22.8. The lowest BCUT2D eigenvalue weighted by Gasteiger charge is -2.23. The van der Waals surface area contributed by atoms with Crippen molar-refractivity contribution in [1.82, 2.24) is 15.1 Å². The van der Waals surface area contributed by atoms with Crippen LogP contribution in [0.2, 0.25) is 5.02 Å². The number of likely N-dealkylation sites (tertiary alicyclic amines) is 1. The van der Waals surface area contributed by atoms with E-state index in [-0.39, 0.29) is 22.2 Å². The first-order valence-electron chi connectivity index (χ1n) is 9.80. The van der Waals surface area contributed by atoms with Gasteiger partial charge in [-0.1, -0.05) is 46.7 Å². The number of carbonyl (C=O) groups excluding carboxylic acids is 2. The highest BCUT2D eigenvalue weighted by atomic mass is 35.5. The highest BCUT2D eigenvalue weighted by Crippen LogP contribution is 2.29. The lowest BCUT2D eigenvalue weighted by molar-refractivity contribution is -0.384. The van der Waals surface area contributed by atoms with Gasteiger partial charge < -0.3 is 4.90 Å². The molecule has 1 aromatic heterocycles. The van der Waals surface area contributed by atoms with Crippen molar-refractivity contribution in [1.29, 1.82) is 0 Å². The normalized spacial score (nSPS) is 15.6. The number of nitrogens with one attached hydrogen (secondary N) is 1. The van der Waals surface area contributed by atoms with E-state index < -0.39 is 16.9 Å². The molecule has 1 aliphatic rings. The molecule has 0 radical (unpaired) electrons. The van der Waals surface area contributed by atoms with Crippen molar-refractivity contribution in [3.05, 3.63) is 68.7 Å². The van der Waals surface area contributed by atoms with Crippen molar-refractivity contribution in [3.63, 3.8) is 0 Å². The van der Waals surface area contributed by atoms with Gasteiger partial charge in [0.2, 0.25) is 11.0 Å².